The van der Waals surface area contributed by atoms with E-state index >= 15 is 0 Å². The van der Waals surface area contributed by atoms with Crippen LogP contribution >= 0.6 is 34.5 Å². The van der Waals surface area contributed by atoms with Crippen molar-refractivity contribution >= 4 is 57.4 Å². The van der Waals surface area contributed by atoms with Crippen molar-refractivity contribution in [2.75, 3.05) is 18.4 Å². The van der Waals surface area contributed by atoms with E-state index in [-0.39, 0.29) is 35.7 Å². The van der Waals surface area contributed by atoms with Gasteiger partial charge in [0.05, 0.1) is 35.0 Å². The Kier molecular flexibility index (Phi) is 8.87. The number of hydrogen-bond donors (Lipinski definition) is 2. The number of carbonyl (C=O) groups is 3. The molecule has 1 aromatic carbocycles. The fourth-order valence-corrected chi connectivity index (χ4v) is 3.96. The minimum Gasteiger partial charge on any atom is -0.467 e. The quantitative estimate of drug-likeness (QED) is 0.422. The molecule has 174 valence electrons. The van der Waals surface area contributed by atoms with Gasteiger partial charge >= 0.3 is 0 Å². The molecule has 2 heterocycles. The van der Waals surface area contributed by atoms with Gasteiger partial charge in [-0.2, -0.15) is 0 Å². The molecule has 0 aliphatic rings. The SMILES string of the molecule is CCCN(CC(=O)Nc1nc(CC(=O)NCc2ccco2)cs1)C(=O)c1ccc(Cl)c(Cl)c1. The van der Waals surface area contributed by atoms with Crippen LogP contribution in [0.1, 0.15) is 35.2 Å². The summed E-state index contributed by atoms with van der Waals surface area (Å²) in [4.78, 5) is 43.2. The van der Waals surface area contributed by atoms with Crippen molar-refractivity contribution in [1.82, 2.24) is 15.2 Å². The number of anilines is 1. The average molecular weight is 509 g/mol. The number of thiazole rings is 1. The summed E-state index contributed by atoms with van der Waals surface area (Å²) in [6.07, 6.45) is 2.29. The van der Waals surface area contributed by atoms with Crippen LogP contribution in [0.4, 0.5) is 5.13 Å². The summed E-state index contributed by atoms with van der Waals surface area (Å²) in [6.45, 7) is 2.45. The Hall–Kier alpha value is -2.88. The highest BCUT2D eigenvalue weighted by molar-refractivity contribution is 7.13. The van der Waals surface area contributed by atoms with Crippen LogP contribution in [-0.4, -0.2) is 40.7 Å². The van der Waals surface area contributed by atoms with E-state index in [0.717, 1.165) is 0 Å². The zero-order valence-corrected chi connectivity index (χ0v) is 20.1. The summed E-state index contributed by atoms with van der Waals surface area (Å²) in [5.41, 5.74) is 0.882. The first-order valence-corrected chi connectivity index (χ1v) is 11.8. The first kappa shape index (κ1) is 24.8. The molecular formula is C22H22Cl2N4O4S. The lowest BCUT2D eigenvalue weighted by atomic mass is 10.2. The Labute approximate surface area is 204 Å². The topological polar surface area (TPSA) is 105 Å². The zero-order chi connectivity index (χ0) is 23.8. The van der Waals surface area contributed by atoms with Crippen molar-refractivity contribution in [2.45, 2.75) is 26.3 Å². The average Bonchev–Trinajstić information content (AvgIpc) is 3.45. The standard InChI is InChI=1S/C22H22Cl2N4O4S/c1-2-7-28(21(31)14-5-6-17(23)18(24)9-14)12-20(30)27-22-26-15(13-33-22)10-19(29)25-11-16-4-3-8-32-16/h3-6,8-9,13H,2,7,10-12H2,1H3,(H,25,29)(H,26,27,30). The first-order valence-electron chi connectivity index (χ1n) is 10.1. The second-order valence-electron chi connectivity index (χ2n) is 7.08. The number of nitrogens with one attached hydrogen (secondary N) is 2. The van der Waals surface area contributed by atoms with Crippen LogP contribution in [0, 0.1) is 0 Å². The van der Waals surface area contributed by atoms with Crippen LogP contribution in [-0.2, 0) is 22.6 Å². The Morgan fingerprint density at radius 3 is 2.67 bits per heavy atom. The van der Waals surface area contributed by atoms with Crippen LogP contribution < -0.4 is 10.6 Å². The minimum absolute atomic E-state index is 0.0743. The van der Waals surface area contributed by atoms with Crippen molar-refractivity contribution in [3.05, 3.63) is 69.0 Å². The lowest BCUT2D eigenvalue weighted by molar-refractivity contribution is -0.120. The molecule has 0 fully saturated rings. The summed E-state index contributed by atoms with van der Waals surface area (Å²) in [6, 6.07) is 8.11. The van der Waals surface area contributed by atoms with E-state index in [4.69, 9.17) is 27.6 Å². The largest absolute Gasteiger partial charge is 0.467 e. The fraction of sp³-hybridized carbons (Fsp3) is 0.273. The number of aromatic nitrogens is 1. The first-order chi connectivity index (χ1) is 15.9. The summed E-state index contributed by atoms with van der Waals surface area (Å²) < 4.78 is 5.17. The van der Waals surface area contributed by atoms with E-state index in [9.17, 15) is 14.4 Å². The van der Waals surface area contributed by atoms with Crippen LogP contribution in [0.25, 0.3) is 0 Å². The van der Waals surface area contributed by atoms with Gasteiger partial charge in [0.2, 0.25) is 11.8 Å². The molecule has 11 heteroatoms. The summed E-state index contributed by atoms with van der Waals surface area (Å²) >= 11 is 13.1. The molecule has 0 saturated carbocycles. The van der Waals surface area contributed by atoms with Gasteiger partial charge in [0.1, 0.15) is 12.3 Å². The number of halogens is 2. The summed E-state index contributed by atoms with van der Waals surface area (Å²) in [5.74, 6) is -0.267. The third-order valence-electron chi connectivity index (χ3n) is 4.46. The van der Waals surface area contributed by atoms with Gasteiger partial charge in [-0.1, -0.05) is 30.1 Å². The number of amides is 3. The van der Waals surface area contributed by atoms with E-state index in [0.29, 0.717) is 46.7 Å². The molecule has 2 N–H and O–H groups in total. The molecule has 2 aromatic heterocycles. The zero-order valence-electron chi connectivity index (χ0n) is 17.8. The summed E-state index contributed by atoms with van der Waals surface area (Å²) in [7, 11) is 0. The van der Waals surface area contributed by atoms with E-state index in [1.807, 2.05) is 6.92 Å². The molecule has 3 aromatic rings. The number of carbonyl (C=O) groups excluding carboxylic acids is 3. The molecule has 0 spiro atoms. The van der Waals surface area contributed by atoms with Gasteiger partial charge in [-0.15, -0.1) is 11.3 Å². The predicted octanol–water partition coefficient (Wildman–Crippen LogP) is 4.39. The molecule has 0 bridgehead atoms. The number of benzene rings is 1. The van der Waals surface area contributed by atoms with E-state index in [2.05, 4.69) is 15.6 Å². The van der Waals surface area contributed by atoms with Gasteiger partial charge < -0.3 is 20.0 Å². The molecular weight excluding hydrogens is 487 g/mol. The highest BCUT2D eigenvalue weighted by Crippen LogP contribution is 2.23. The van der Waals surface area contributed by atoms with Crippen molar-refractivity contribution in [1.29, 1.82) is 0 Å². The lowest BCUT2D eigenvalue weighted by Gasteiger charge is -2.21. The van der Waals surface area contributed by atoms with Crippen LogP contribution in [0.3, 0.4) is 0 Å². The molecule has 33 heavy (non-hydrogen) atoms. The molecule has 0 aliphatic heterocycles. The van der Waals surface area contributed by atoms with Gasteiger partial charge in [-0.25, -0.2) is 4.98 Å². The number of nitrogens with zero attached hydrogens (tertiary/aromatic N) is 2. The monoisotopic (exact) mass is 508 g/mol. The summed E-state index contributed by atoms with van der Waals surface area (Å²) in [5, 5.41) is 8.10. The molecule has 0 saturated heterocycles. The number of hydrogen-bond acceptors (Lipinski definition) is 6. The van der Waals surface area contributed by atoms with Crippen molar-refractivity contribution in [3.63, 3.8) is 0 Å². The van der Waals surface area contributed by atoms with Gasteiger partial charge in [0.15, 0.2) is 5.13 Å². The molecule has 0 unspecified atom stereocenters. The van der Waals surface area contributed by atoms with Gasteiger partial charge in [-0.05, 0) is 36.8 Å². The molecule has 0 aliphatic carbocycles. The smallest absolute Gasteiger partial charge is 0.254 e. The maximum atomic E-state index is 12.8. The highest BCUT2D eigenvalue weighted by atomic mass is 35.5. The van der Waals surface area contributed by atoms with Crippen molar-refractivity contribution < 1.29 is 18.8 Å². The molecule has 3 rings (SSSR count). The highest BCUT2D eigenvalue weighted by Gasteiger charge is 2.20. The number of furan rings is 1. The Balaban J connectivity index is 1.54. The van der Waals surface area contributed by atoms with Gasteiger partial charge in [0, 0.05) is 17.5 Å². The van der Waals surface area contributed by atoms with Gasteiger partial charge in [0.25, 0.3) is 5.91 Å². The van der Waals surface area contributed by atoms with Crippen LogP contribution in [0.15, 0.2) is 46.4 Å². The normalized spacial score (nSPS) is 10.6. The predicted molar refractivity (Wildman–Crippen MR) is 128 cm³/mol. The molecule has 8 nitrogen and oxygen atoms in total. The third-order valence-corrected chi connectivity index (χ3v) is 6.01. The maximum Gasteiger partial charge on any atom is 0.254 e. The Morgan fingerprint density at radius 1 is 1.15 bits per heavy atom. The molecule has 3 amide bonds. The van der Waals surface area contributed by atoms with E-state index in [1.165, 1.54) is 28.6 Å². The Bertz CT molecular complexity index is 1120. The van der Waals surface area contributed by atoms with Crippen LogP contribution in [0.2, 0.25) is 10.0 Å². The number of rotatable bonds is 10. The third kappa shape index (κ3) is 7.31. The molecule has 0 radical (unpaired) electrons. The minimum atomic E-state index is -0.389. The second-order valence-corrected chi connectivity index (χ2v) is 8.75. The second kappa shape index (κ2) is 11.8. The fourth-order valence-electron chi connectivity index (χ4n) is 2.94. The van der Waals surface area contributed by atoms with Crippen molar-refractivity contribution in [3.8, 4) is 0 Å². The van der Waals surface area contributed by atoms with E-state index < -0.39 is 0 Å². The van der Waals surface area contributed by atoms with Gasteiger partial charge in [-0.3, -0.25) is 14.4 Å². The maximum absolute atomic E-state index is 12.8. The van der Waals surface area contributed by atoms with E-state index in [1.54, 1.807) is 29.6 Å². The van der Waals surface area contributed by atoms with Crippen LogP contribution in [0.5, 0.6) is 0 Å². The molecule has 0 atom stereocenters. The van der Waals surface area contributed by atoms with Crippen molar-refractivity contribution in [2.24, 2.45) is 0 Å². The lowest BCUT2D eigenvalue weighted by Crippen LogP contribution is -2.38. The Morgan fingerprint density at radius 2 is 1.97 bits per heavy atom.